The van der Waals surface area contributed by atoms with Crippen molar-refractivity contribution in [1.29, 1.82) is 0 Å². The highest BCUT2D eigenvalue weighted by molar-refractivity contribution is 7.89. The molecule has 0 unspecified atom stereocenters. The number of amides is 1. The van der Waals surface area contributed by atoms with E-state index in [9.17, 15) is 18.0 Å². The van der Waals surface area contributed by atoms with Crippen molar-refractivity contribution in [3.05, 3.63) is 24.3 Å². The first-order chi connectivity index (χ1) is 13.7. The lowest BCUT2D eigenvalue weighted by Gasteiger charge is -2.32. The average Bonchev–Trinajstić information content (AvgIpc) is 2.92. The van der Waals surface area contributed by atoms with Crippen molar-refractivity contribution in [2.75, 3.05) is 47.4 Å². The zero-order chi connectivity index (χ0) is 21.2. The molecule has 10 heteroatoms. The van der Waals surface area contributed by atoms with Gasteiger partial charge in [-0.3, -0.25) is 14.5 Å². The minimum Gasteiger partial charge on any atom is -0.487 e. The van der Waals surface area contributed by atoms with Crippen molar-refractivity contribution >= 4 is 21.9 Å². The third-order valence-electron chi connectivity index (χ3n) is 5.35. The van der Waals surface area contributed by atoms with Gasteiger partial charge in [0.15, 0.2) is 0 Å². The van der Waals surface area contributed by atoms with Crippen LogP contribution in [-0.4, -0.2) is 93.9 Å². The lowest BCUT2D eigenvalue weighted by atomic mass is 10.1. The van der Waals surface area contributed by atoms with Crippen molar-refractivity contribution in [2.45, 2.75) is 29.9 Å². The summed E-state index contributed by atoms with van der Waals surface area (Å²) in [4.78, 5) is 27.5. The summed E-state index contributed by atoms with van der Waals surface area (Å²) in [6, 6.07) is 6.00. The summed E-state index contributed by atoms with van der Waals surface area (Å²) in [5.41, 5.74) is 0. The number of likely N-dealkylation sites (tertiary alicyclic amines) is 1. The molecule has 0 saturated carbocycles. The van der Waals surface area contributed by atoms with E-state index in [1.807, 2.05) is 4.90 Å². The number of carbonyl (C=O) groups is 2. The molecule has 29 heavy (non-hydrogen) atoms. The van der Waals surface area contributed by atoms with Gasteiger partial charge in [0, 0.05) is 27.2 Å². The van der Waals surface area contributed by atoms with Crippen LogP contribution in [0.3, 0.4) is 0 Å². The number of rotatable bonds is 4. The van der Waals surface area contributed by atoms with Crippen LogP contribution in [-0.2, 0) is 24.3 Å². The van der Waals surface area contributed by atoms with Gasteiger partial charge >= 0.3 is 5.97 Å². The third kappa shape index (κ3) is 4.54. The SMILES string of the molecule is COC(=O)CN1CC[C@@H]2[C@@H](CC1)Oc1ccccc1S(=O)(=O)N2CC(=O)N(C)C. The van der Waals surface area contributed by atoms with Crippen molar-refractivity contribution < 1.29 is 27.5 Å². The number of ether oxygens (including phenoxy) is 2. The standard InChI is InChI=1S/C19H27N3O6S/c1-20(2)18(23)12-22-14-8-10-21(13-19(24)27-3)11-9-15(14)28-16-6-4-5-7-17(16)29(22,25)26/h4-7,14-15H,8-13H2,1-3H3/t14-,15-/m1/s1. The van der Waals surface area contributed by atoms with Crippen LogP contribution >= 0.6 is 0 Å². The number of hydrogen-bond acceptors (Lipinski definition) is 7. The summed E-state index contributed by atoms with van der Waals surface area (Å²) in [5, 5.41) is 0. The molecule has 1 aromatic rings. The molecule has 2 heterocycles. The van der Waals surface area contributed by atoms with Crippen LogP contribution in [0.4, 0.5) is 0 Å². The van der Waals surface area contributed by atoms with Gasteiger partial charge in [-0.05, 0) is 25.0 Å². The van der Waals surface area contributed by atoms with Gasteiger partial charge in [-0.1, -0.05) is 12.1 Å². The van der Waals surface area contributed by atoms with Gasteiger partial charge in [-0.25, -0.2) is 8.42 Å². The van der Waals surface area contributed by atoms with E-state index in [2.05, 4.69) is 0 Å². The lowest BCUT2D eigenvalue weighted by molar-refractivity contribution is -0.141. The number of hydrogen-bond donors (Lipinski definition) is 0. The summed E-state index contributed by atoms with van der Waals surface area (Å²) in [5.74, 6) is -0.350. The van der Waals surface area contributed by atoms with Gasteiger partial charge in [0.05, 0.1) is 26.2 Å². The summed E-state index contributed by atoms with van der Waals surface area (Å²) < 4.78 is 39.0. The number of esters is 1. The van der Waals surface area contributed by atoms with E-state index >= 15 is 0 Å². The van der Waals surface area contributed by atoms with Gasteiger partial charge in [-0.15, -0.1) is 0 Å². The van der Waals surface area contributed by atoms with Crippen molar-refractivity contribution in [3.63, 3.8) is 0 Å². The van der Waals surface area contributed by atoms with Crippen LogP contribution < -0.4 is 4.74 Å². The van der Waals surface area contributed by atoms with Gasteiger partial charge in [0.1, 0.15) is 16.7 Å². The molecule has 0 radical (unpaired) electrons. The molecule has 0 bridgehead atoms. The minimum absolute atomic E-state index is 0.0750. The lowest BCUT2D eigenvalue weighted by Crippen LogP contribution is -2.50. The molecule has 2 atom stereocenters. The topological polar surface area (TPSA) is 96.5 Å². The second-order valence-corrected chi connectivity index (χ2v) is 9.30. The molecule has 9 nitrogen and oxygen atoms in total. The van der Waals surface area contributed by atoms with Crippen LogP contribution in [0, 0.1) is 0 Å². The maximum Gasteiger partial charge on any atom is 0.319 e. The fourth-order valence-corrected chi connectivity index (χ4v) is 5.44. The number of benzene rings is 1. The van der Waals surface area contributed by atoms with Crippen molar-refractivity contribution in [1.82, 2.24) is 14.1 Å². The largest absolute Gasteiger partial charge is 0.487 e. The number of para-hydroxylation sites is 1. The zero-order valence-corrected chi connectivity index (χ0v) is 17.7. The zero-order valence-electron chi connectivity index (χ0n) is 16.9. The number of likely N-dealkylation sites (N-methyl/N-ethyl adjacent to an activating group) is 1. The Bertz CT molecular complexity index is 872. The normalized spacial score (nSPS) is 24.2. The highest BCUT2D eigenvalue weighted by Crippen LogP contribution is 2.36. The third-order valence-corrected chi connectivity index (χ3v) is 7.26. The fraction of sp³-hybridized carbons (Fsp3) is 0.579. The Morgan fingerprint density at radius 2 is 1.86 bits per heavy atom. The van der Waals surface area contributed by atoms with Crippen LogP contribution in [0.5, 0.6) is 5.75 Å². The highest BCUT2D eigenvalue weighted by Gasteiger charge is 2.44. The molecular weight excluding hydrogens is 398 g/mol. The monoisotopic (exact) mass is 425 g/mol. The number of nitrogens with zero attached hydrogens (tertiary/aromatic N) is 3. The van der Waals surface area contributed by atoms with Gasteiger partial charge in [0.2, 0.25) is 15.9 Å². The molecule has 2 aliphatic rings. The molecule has 1 saturated heterocycles. The van der Waals surface area contributed by atoms with Crippen LogP contribution in [0.15, 0.2) is 29.2 Å². The van der Waals surface area contributed by atoms with Gasteiger partial charge in [-0.2, -0.15) is 4.31 Å². The maximum atomic E-state index is 13.4. The Morgan fingerprint density at radius 3 is 2.55 bits per heavy atom. The first-order valence-corrected chi connectivity index (χ1v) is 10.9. The van der Waals surface area contributed by atoms with E-state index in [0.29, 0.717) is 31.7 Å². The van der Waals surface area contributed by atoms with Crippen LogP contribution in [0.1, 0.15) is 12.8 Å². The first kappa shape index (κ1) is 21.5. The molecule has 3 rings (SSSR count). The molecule has 0 spiro atoms. The van der Waals surface area contributed by atoms with E-state index in [4.69, 9.17) is 9.47 Å². The number of sulfonamides is 1. The summed E-state index contributed by atoms with van der Waals surface area (Å²) in [6.45, 7) is 0.938. The quantitative estimate of drug-likeness (QED) is 0.634. The molecule has 2 aliphatic heterocycles. The second-order valence-electron chi connectivity index (χ2n) is 7.44. The minimum atomic E-state index is -3.93. The Balaban J connectivity index is 1.97. The first-order valence-electron chi connectivity index (χ1n) is 9.51. The molecule has 1 fully saturated rings. The average molecular weight is 426 g/mol. The molecule has 0 aromatic heterocycles. The Hall–Kier alpha value is -2.17. The molecule has 160 valence electrons. The van der Waals surface area contributed by atoms with Gasteiger partial charge in [0.25, 0.3) is 0 Å². The molecule has 0 aliphatic carbocycles. The van der Waals surface area contributed by atoms with Crippen molar-refractivity contribution in [3.8, 4) is 5.75 Å². The van der Waals surface area contributed by atoms with E-state index in [1.165, 1.54) is 22.4 Å². The highest BCUT2D eigenvalue weighted by atomic mass is 32.2. The fourth-order valence-electron chi connectivity index (χ4n) is 3.69. The number of fused-ring (bicyclic) bond motifs is 2. The Labute approximate surface area is 171 Å². The Kier molecular flexibility index (Phi) is 6.45. The molecule has 1 aromatic carbocycles. The summed E-state index contributed by atoms with van der Waals surface area (Å²) >= 11 is 0. The molecule has 0 N–H and O–H groups in total. The van der Waals surface area contributed by atoms with E-state index in [1.54, 1.807) is 32.3 Å². The van der Waals surface area contributed by atoms with Gasteiger partial charge < -0.3 is 14.4 Å². The van der Waals surface area contributed by atoms with Crippen LogP contribution in [0.25, 0.3) is 0 Å². The van der Waals surface area contributed by atoms with E-state index < -0.39 is 22.2 Å². The number of methoxy groups -OCH3 is 1. The summed E-state index contributed by atoms with van der Waals surface area (Å²) in [6.07, 6.45) is 0.541. The number of carbonyl (C=O) groups excluding carboxylic acids is 2. The Morgan fingerprint density at radius 1 is 1.17 bits per heavy atom. The second kappa shape index (κ2) is 8.68. The predicted octanol–water partition coefficient (Wildman–Crippen LogP) is 0.164. The van der Waals surface area contributed by atoms with Crippen molar-refractivity contribution in [2.24, 2.45) is 0 Å². The van der Waals surface area contributed by atoms with E-state index in [0.717, 1.165) is 0 Å². The van der Waals surface area contributed by atoms with Crippen LogP contribution in [0.2, 0.25) is 0 Å². The summed E-state index contributed by atoms with van der Waals surface area (Å²) in [7, 11) is 0.604. The molecular formula is C19H27N3O6S. The molecule has 1 amide bonds. The van der Waals surface area contributed by atoms with E-state index in [-0.39, 0.29) is 29.9 Å². The maximum absolute atomic E-state index is 13.4. The predicted molar refractivity (Wildman–Crippen MR) is 105 cm³/mol. The smallest absolute Gasteiger partial charge is 0.319 e.